The first-order chi connectivity index (χ1) is 8.47. The number of ether oxygens (including phenoxy) is 1. The van der Waals surface area contributed by atoms with Crippen molar-refractivity contribution >= 4 is 17.8 Å². The van der Waals surface area contributed by atoms with E-state index in [1.807, 2.05) is 0 Å². The number of hydrogen-bond acceptors (Lipinski definition) is 5. The molecule has 0 amide bonds. The van der Waals surface area contributed by atoms with Gasteiger partial charge in [-0.2, -0.15) is 0 Å². The summed E-state index contributed by atoms with van der Waals surface area (Å²) in [6.07, 6.45) is 1.52. The molecule has 0 aliphatic heterocycles. The normalized spacial score (nSPS) is 13.5. The van der Waals surface area contributed by atoms with Crippen molar-refractivity contribution in [1.29, 1.82) is 0 Å². The molecule has 1 aromatic heterocycles. The number of rotatable bonds is 5. The largest absolute Gasteiger partial charge is 0.481 e. The Bertz CT molecular complexity index is 447. The molecule has 2 N–H and O–H groups in total. The van der Waals surface area contributed by atoms with Crippen LogP contribution in [0.15, 0.2) is 18.3 Å². The van der Waals surface area contributed by atoms with Crippen LogP contribution in [-0.2, 0) is 9.53 Å². The summed E-state index contributed by atoms with van der Waals surface area (Å²) in [5.74, 6) is -1.70. The highest BCUT2D eigenvalue weighted by Crippen LogP contribution is 2.16. The molecule has 1 rings (SSSR count). The number of carbonyl (C=O) groups is 2. The first kappa shape index (κ1) is 14.0. The van der Waals surface area contributed by atoms with Crippen molar-refractivity contribution in [1.82, 2.24) is 4.98 Å². The van der Waals surface area contributed by atoms with E-state index in [9.17, 15) is 9.59 Å². The van der Waals surface area contributed by atoms with Crippen molar-refractivity contribution in [3.63, 3.8) is 0 Å². The average molecular weight is 252 g/mol. The third-order valence-corrected chi connectivity index (χ3v) is 2.72. The van der Waals surface area contributed by atoms with Gasteiger partial charge in [-0.15, -0.1) is 0 Å². The predicted molar refractivity (Wildman–Crippen MR) is 65.5 cm³/mol. The number of hydrogen-bond donors (Lipinski definition) is 2. The van der Waals surface area contributed by atoms with Crippen LogP contribution >= 0.6 is 0 Å². The molecule has 0 aliphatic carbocycles. The molecule has 0 saturated carbocycles. The number of carboxylic acids is 1. The van der Waals surface area contributed by atoms with Gasteiger partial charge in [0, 0.05) is 12.2 Å². The molecule has 18 heavy (non-hydrogen) atoms. The lowest BCUT2D eigenvalue weighted by atomic mass is 10.0. The number of pyridine rings is 1. The minimum atomic E-state index is -0.912. The molecule has 0 radical (unpaired) electrons. The second-order valence-corrected chi connectivity index (χ2v) is 3.95. The first-order valence-corrected chi connectivity index (χ1v) is 5.50. The maximum Gasteiger partial charge on any atom is 0.341 e. The zero-order valence-electron chi connectivity index (χ0n) is 10.5. The van der Waals surface area contributed by atoms with Crippen LogP contribution < -0.4 is 5.32 Å². The van der Waals surface area contributed by atoms with Crippen LogP contribution in [0.2, 0.25) is 0 Å². The lowest BCUT2D eigenvalue weighted by Crippen LogP contribution is -2.30. The molecule has 0 fully saturated rings. The number of nitrogens with zero attached hydrogens (tertiary/aromatic N) is 1. The fourth-order valence-corrected chi connectivity index (χ4v) is 1.35. The van der Waals surface area contributed by atoms with E-state index in [0.717, 1.165) is 0 Å². The summed E-state index contributed by atoms with van der Waals surface area (Å²) in [7, 11) is 1.28. The van der Waals surface area contributed by atoms with E-state index < -0.39 is 17.9 Å². The van der Waals surface area contributed by atoms with Crippen LogP contribution in [0.4, 0.5) is 5.82 Å². The molecule has 2 atom stereocenters. The first-order valence-electron chi connectivity index (χ1n) is 5.50. The molecule has 1 heterocycles. The van der Waals surface area contributed by atoms with Gasteiger partial charge in [0.25, 0.3) is 0 Å². The molecule has 0 saturated heterocycles. The SMILES string of the molecule is COC(=O)c1cccnc1NC(C)C(C)C(=O)O. The molecule has 0 bridgehead atoms. The summed E-state index contributed by atoms with van der Waals surface area (Å²) in [6, 6.07) is 2.82. The van der Waals surface area contributed by atoms with Gasteiger partial charge in [-0.05, 0) is 26.0 Å². The van der Waals surface area contributed by atoms with E-state index in [-0.39, 0.29) is 11.6 Å². The summed E-state index contributed by atoms with van der Waals surface area (Å²) in [5.41, 5.74) is 0.282. The fourth-order valence-electron chi connectivity index (χ4n) is 1.35. The smallest absolute Gasteiger partial charge is 0.341 e. The number of carbonyl (C=O) groups excluding carboxylic acids is 1. The standard InChI is InChI=1S/C12H16N2O4/c1-7(11(15)16)8(2)14-10-9(12(17)18-3)5-4-6-13-10/h4-8H,1-3H3,(H,13,14)(H,15,16). The summed E-state index contributed by atoms with van der Waals surface area (Å²) < 4.78 is 4.63. The number of esters is 1. The highest BCUT2D eigenvalue weighted by atomic mass is 16.5. The van der Waals surface area contributed by atoms with E-state index >= 15 is 0 Å². The minimum Gasteiger partial charge on any atom is -0.481 e. The van der Waals surface area contributed by atoms with E-state index in [4.69, 9.17) is 5.11 Å². The Hall–Kier alpha value is -2.11. The maximum atomic E-state index is 11.5. The van der Waals surface area contributed by atoms with E-state index in [1.165, 1.54) is 13.3 Å². The molecule has 98 valence electrons. The monoisotopic (exact) mass is 252 g/mol. The molecule has 6 heteroatoms. The summed E-state index contributed by atoms with van der Waals surface area (Å²) >= 11 is 0. The Morgan fingerprint density at radius 3 is 2.67 bits per heavy atom. The van der Waals surface area contributed by atoms with Crippen molar-refractivity contribution in [3.05, 3.63) is 23.9 Å². The zero-order valence-corrected chi connectivity index (χ0v) is 10.5. The molecule has 2 unspecified atom stereocenters. The van der Waals surface area contributed by atoms with Gasteiger partial charge < -0.3 is 15.2 Å². The van der Waals surface area contributed by atoms with E-state index in [0.29, 0.717) is 5.82 Å². The number of aromatic nitrogens is 1. The number of nitrogens with one attached hydrogen (secondary N) is 1. The van der Waals surface area contributed by atoms with Crippen molar-refractivity contribution in [2.75, 3.05) is 12.4 Å². The van der Waals surface area contributed by atoms with Gasteiger partial charge in [0.05, 0.1) is 13.0 Å². The van der Waals surface area contributed by atoms with Gasteiger partial charge in [0.15, 0.2) is 0 Å². The van der Waals surface area contributed by atoms with Gasteiger partial charge in [-0.3, -0.25) is 4.79 Å². The van der Waals surface area contributed by atoms with Crippen LogP contribution in [0.5, 0.6) is 0 Å². The highest BCUT2D eigenvalue weighted by Gasteiger charge is 2.21. The third-order valence-electron chi connectivity index (χ3n) is 2.72. The molecule has 0 spiro atoms. The molecular formula is C12H16N2O4. The Labute approximate surface area is 105 Å². The number of anilines is 1. The van der Waals surface area contributed by atoms with Gasteiger partial charge in [-0.25, -0.2) is 9.78 Å². The summed E-state index contributed by atoms with van der Waals surface area (Å²) in [6.45, 7) is 3.30. The number of methoxy groups -OCH3 is 1. The minimum absolute atomic E-state index is 0.282. The lowest BCUT2D eigenvalue weighted by Gasteiger charge is -2.19. The topological polar surface area (TPSA) is 88.5 Å². The van der Waals surface area contributed by atoms with Gasteiger partial charge in [0.2, 0.25) is 0 Å². The zero-order chi connectivity index (χ0) is 13.7. The maximum absolute atomic E-state index is 11.5. The molecule has 0 aliphatic rings. The number of carboxylic acid groups (broad SMARTS) is 1. The predicted octanol–water partition coefficient (Wildman–Crippen LogP) is 1.39. The molecule has 0 aromatic carbocycles. The fraction of sp³-hybridized carbons (Fsp3) is 0.417. The third kappa shape index (κ3) is 3.19. The Balaban J connectivity index is 2.91. The molecule has 1 aromatic rings. The van der Waals surface area contributed by atoms with Crippen molar-refractivity contribution in [2.45, 2.75) is 19.9 Å². The highest BCUT2D eigenvalue weighted by molar-refractivity contribution is 5.94. The van der Waals surface area contributed by atoms with Crippen molar-refractivity contribution < 1.29 is 19.4 Å². The van der Waals surface area contributed by atoms with Crippen LogP contribution in [0, 0.1) is 5.92 Å². The van der Waals surface area contributed by atoms with Crippen LogP contribution in [0.25, 0.3) is 0 Å². The lowest BCUT2D eigenvalue weighted by molar-refractivity contribution is -0.141. The van der Waals surface area contributed by atoms with E-state index in [2.05, 4.69) is 15.0 Å². The quantitative estimate of drug-likeness (QED) is 0.770. The molecule has 6 nitrogen and oxygen atoms in total. The van der Waals surface area contributed by atoms with Gasteiger partial charge >= 0.3 is 11.9 Å². The van der Waals surface area contributed by atoms with Crippen molar-refractivity contribution in [2.24, 2.45) is 5.92 Å². The van der Waals surface area contributed by atoms with Crippen molar-refractivity contribution in [3.8, 4) is 0 Å². The van der Waals surface area contributed by atoms with Gasteiger partial charge in [0.1, 0.15) is 11.4 Å². The Morgan fingerprint density at radius 2 is 2.11 bits per heavy atom. The summed E-state index contributed by atoms with van der Waals surface area (Å²) in [5, 5.41) is 11.8. The number of aliphatic carboxylic acids is 1. The second-order valence-electron chi connectivity index (χ2n) is 3.95. The second kappa shape index (κ2) is 6.00. The van der Waals surface area contributed by atoms with Gasteiger partial charge in [-0.1, -0.05) is 0 Å². The van der Waals surface area contributed by atoms with Crippen LogP contribution in [0.3, 0.4) is 0 Å². The van der Waals surface area contributed by atoms with Crippen LogP contribution in [0.1, 0.15) is 24.2 Å². The Kier molecular flexibility index (Phi) is 4.65. The van der Waals surface area contributed by atoms with Crippen LogP contribution in [-0.4, -0.2) is 35.2 Å². The average Bonchev–Trinajstić information content (AvgIpc) is 2.37. The summed E-state index contributed by atoms with van der Waals surface area (Å²) in [4.78, 5) is 26.4. The Morgan fingerprint density at radius 1 is 1.44 bits per heavy atom. The van der Waals surface area contributed by atoms with E-state index in [1.54, 1.807) is 26.0 Å². The molecular weight excluding hydrogens is 236 g/mol.